The van der Waals surface area contributed by atoms with E-state index in [1.165, 1.54) is 58.2 Å². The molecule has 6 heterocycles. The van der Waals surface area contributed by atoms with Crippen molar-refractivity contribution in [1.82, 2.24) is 4.90 Å². The molecule has 3 aromatic heterocycles. The average molecular weight is 1150 g/mol. The predicted molar refractivity (Wildman–Crippen MR) is 319 cm³/mol. The molecule has 15 heteroatoms. The van der Waals surface area contributed by atoms with Crippen LogP contribution < -0.4 is 18.9 Å². The van der Waals surface area contributed by atoms with Crippen molar-refractivity contribution in [3.63, 3.8) is 0 Å². The van der Waals surface area contributed by atoms with Gasteiger partial charge in [0.25, 0.3) is 11.8 Å². The number of halogens is 1. The van der Waals surface area contributed by atoms with Crippen molar-refractivity contribution in [3.05, 3.63) is 20.3 Å². The van der Waals surface area contributed by atoms with Crippen LogP contribution in [0.25, 0.3) is 19.5 Å². The van der Waals surface area contributed by atoms with Crippen LogP contribution >= 0.6 is 45.6 Å². The molecule has 0 bridgehead atoms. The van der Waals surface area contributed by atoms with Crippen LogP contribution in [0.2, 0.25) is 4.34 Å². The Hall–Kier alpha value is -2.43. The van der Waals surface area contributed by atoms with E-state index in [1.807, 2.05) is 6.92 Å². The summed E-state index contributed by atoms with van der Waals surface area (Å²) in [5, 5.41) is 0. The van der Waals surface area contributed by atoms with Crippen molar-refractivity contribution >= 4 is 57.4 Å². The van der Waals surface area contributed by atoms with Gasteiger partial charge in [0, 0.05) is 37.8 Å². The highest BCUT2D eigenvalue weighted by atomic mass is 35.5. The lowest BCUT2D eigenvalue weighted by atomic mass is 9.91. The smallest absolute Gasteiger partial charge is 0.263 e. The van der Waals surface area contributed by atoms with E-state index in [-0.39, 0.29) is 30.9 Å². The molecule has 3 aliphatic rings. The van der Waals surface area contributed by atoms with E-state index < -0.39 is 10.8 Å². The SMILES string of the molecule is CCCCC(CC)COCC1(COCC(CC)CCCC)COc2c(C)sc(-c3sc(-c4sc(Cl)c5c4OCC(COCC(C)CC)(COCC(CC)CCCC)CO5)c4c3C(=O)N(CC(CC)CCCC)C4=O)c2OC1. The van der Waals surface area contributed by atoms with Crippen molar-refractivity contribution in [3.8, 4) is 42.5 Å². The quantitative estimate of drug-likeness (QED) is 0.0518. The van der Waals surface area contributed by atoms with Crippen LogP contribution in [0.3, 0.4) is 0 Å². The fourth-order valence-corrected chi connectivity index (χ4v) is 14.5. The highest BCUT2D eigenvalue weighted by Gasteiger charge is 2.47. The highest BCUT2D eigenvalue weighted by Crippen LogP contribution is 2.60. The lowest BCUT2D eigenvalue weighted by molar-refractivity contribution is -0.0715. The third-order valence-corrected chi connectivity index (χ3v) is 20.4. The minimum absolute atomic E-state index is 0.178. The van der Waals surface area contributed by atoms with Crippen molar-refractivity contribution in [2.75, 3.05) is 85.8 Å². The van der Waals surface area contributed by atoms with Crippen LogP contribution in [0.1, 0.15) is 204 Å². The molecule has 0 aliphatic carbocycles. The standard InChI is InChI=1S/C62H98ClNO10S3/c1-12-21-25-44(17-6)29-64-59(65)48-49(60(64)66)55(57-52-53(58(63)77-57)74-41-61(40-73-52,34-67-30-42(10)16-5)35-68-31-45(18-7)26-22-13-2)76-54(48)56-51-50(43(11)75-56)71-38-62(39-72-51,36-69-32-46(19-8)27-23-14-3)37-70-33-47(20-9)28-24-15-4/h42,44-47H,12-41H2,1-11H3. The number of carbonyl (C=O) groups is 2. The first-order chi connectivity index (χ1) is 37.3. The van der Waals surface area contributed by atoms with Crippen LogP contribution in [0.5, 0.6) is 23.0 Å². The van der Waals surface area contributed by atoms with E-state index in [9.17, 15) is 0 Å². The van der Waals surface area contributed by atoms with Gasteiger partial charge in [0.15, 0.2) is 23.0 Å². The molecule has 0 N–H and O–H groups in total. The molecule has 6 unspecified atom stereocenters. The molecule has 436 valence electrons. The largest absolute Gasteiger partial charge is 0.488 e. The van der Waals surface area contributed by atoms with Gasteiger partial charge >= 0.3 is 0 Å². The molecular formula is C62H98ClNO10S3. The number of amides is 2. The number of imide groups is 1. The van der Waals surface area contributed by atoms with Crippen LogP contribution in [-0.2, 0) is 18.9 Å². The molecule has 77 heavy (non-hydrogen) atoms. The van der Waals surface area contributed by atoms with Gasteiger partial charge in [-0.15, -0.1) is 34.0 Å². The molecule has 3 aromatic rings. The minimum atomic E-state index is -0.624. The van der Waals surface area contributed by atoms with Gasteiger partial charge in [-0.2, -0.15) is 0 Å². The summed E-state index contributed by atoms with van der Waals surface area (Å²) in [6, 6.07) is 0. The van der Waals surface area contributed by atoms with Crippen LogP contribution in [0.15, 0.2) is 0 Å². The highest BCUT2D eigenvalue weighted by molar-refractivity contribution is 7.28. The summed E-state index contributed by atoms with van der Waals surface area (Å²) < 4.78 is 54.4. The molecular weight excluding hydrogens is 1050 g/mol. The van der Waals surface area contributed by atoms with Gasteiger partial charge in [-0.1, -0.05) is 164 Å². The van der Waals surface area contributed by atoms with E-state index in [1.54, 1.807) is 0 Å². The third kappa shape index (κ3) is 16.4. The average Bonchev–Trinajstić information content (AvgIpc) is 4.06. The molecule has 0 spiro atoms. The Morgan fingerprint density at radius 2 is 0.870 bits per heavy atom. The fourth-order valence-electron chi connectivity index (χ4n) is 10.6. The first-order valence-electron chi connectivity index (χ1n) is 30.1. The summed E-state index contributed by atoms with van der Waals surface area (Å²) >= 11 is 11.5. The first kappa shape index (κ1) is 63.7. The lowest BCUT2D eigenvalue weighted by Crippen LogP contribution is -2.43. The van der Waals surface area contributed by atoms with E-state index in [2.05, 4.69) is 69.2 Å². The number of hydrogen-bond acceptors (Lipinski definition) is 13. The van der Waals surface area contributed by atoms with Gasteiger partial charge in [-0.25, -0.2) is 0 Å². The van der Waals surface area contributed by atoms with Gasteiger partial charge in [-0.05, 0) is 62.2 Å². The number of rotatable bonds is 37. The number of unbranched alkanes of at least 4 members (excludes halogenated alkanes) is 4. The molecule has 3 aliphatic heterocycles. The number of carbonyl (C=O) groups excluding carboxylic acids is 2. The first-order valence-corrected chi connectivity index (χ1v) is 32.9. The summed E-state index contributed by atoms with van der Waals surface area (Å²) in [5.74, 6) is 3.61. The molecule has 0 aromatic carbocycles. The molecule has 11 nitrogen and oxygen atoms in total. The molecule has 0 radical (unpaired) electrons. The number of thiophene rings is 3. The second-order valence-electron chi connectivity index (χ2n) is 23.1. The number of aryl methyl sites for hydroxylation is 1. The Balaban J connectivity index is 1.38. The zero-order valence-corrected chi connectivity index (χ0v) is 52.4. The molecule has 0 saturated heterocycles. The van der Waals surface area contributed by atoms with Crippen molar-refractivity contribution in [1.29, 1.82) is 0 Å². The Morgan fingerprint density at radius 3 is 1.29 bits per heavy atom. The second-order valence-corrected chi connectivity index (χ2v) is 27.0. The van der Waals surface area contributed by atoms with E-state index in [0.29, 0.717) is 149 Å². The normalized spacial score (nSPS) is 20.3. The van der Waals surface area contributed by atoms with Gasteiger partial charge < -0.3 is 37.9 Å². The van der Waals surface area contributed by atoms with E-state index in [4.69, 9.17) is 49.5 Å². The summed E-state index contributed by atoms with van der Waals surface area (Å²) in [6.07, 6.45) is 18.5. The molecule has 6 rings (SSSR count). The van der Waals surface area contributed by atoms with Gasteiger partial charge in [-0.3, -0.25) is 14.5 Å². The maximum Gasteiger partial charge on any atom is 0.263 e. The van der Waals surface area contributed by atoms with Crippen LogP contribution in [0, 0.1) is 47.3 Å². The molecule has 2 amide bonds. The van der Waals surface area contributed by atoms with Gasteiger partial charge in [0.05, 0.1) is 67.9 Å². The maximum atomic E-state index is 15.2. The Kier molecular flexibility index (Phi) is 26.2. The number of fused-ring (bicyclic) bond motifs is 3. The summed E-state index contributed by atoms with van der Waals surface area (Å²) in [6.45, 7) is 30.0. The number of nitrogens with zero attached hydrogens (tertiary/aromatic N) is 1. The van der Waals surface area contributed by atoms with Gasteiger partial charge in [0.1, 0.15) is 30.8 Å². The van der Waals surface area contributed by atoms with E-state index in [0.717, 1.165) is 99.6 Å². The summed E-state index contributed by atoms with van der Waals surface area (Å²) in [4.78, 5) is 35.5. The zero-order chi connectivity index (χ0) is 55.5. The van der Waals surface area contributed by atoms with Crippen molar-refractivity contribution < 1.29 is 47.5 Å². The lowest BCUT2D eigenvalue weighted by Gasteiger charge is -2.32. The Bertz CT molecular complexity index is 2250. The topological polar surface area (TPSA) is 111 Å². The fraction of sp³-hybridized carbons (Fsp3) is 0.774. The maximum absolute atomic E-state index is 15.2. The number of ether oxygens (including phenoxy) is 8. The Labute approximate surface area is 481 Å². The van der Waals surface area contributed by atoms with Gasteiger partial charge in [0.2, 0.25) is 0 Å². The van der Waals surface area contributed by atoms with Crippen molar-refractivity contribution in [2.45, 2.75) is 185 Å². The second kappa shape index (κ2) is 31.7. The van der Waals surface area contributed by atoms with E-state index >= 15 is 9.59 Å². The molecule has 0 saturated carbocycles. The summed E-state index contributed by atoms with van der Waals surface area (Å²) in [7, 11) is 0. The minimum Gasteiger partial charge on any atom is -0.488 e. The van der Waals surface area contributed by atoms with Crippen LogP contribution in [-0.4, -0.2) is 103 Å². The summed E-state index contributed by atoms with van der Waals surface area (Å²) in [5.41, 5.74) is -0.431. The zero-order valence-electron chi connectivity index (χ0n) is 49.2. The molecule has 0 fully saturated rings. The molecule has 6 atom stereocenters. The Morgan fingerprint density at radius 1 is 0.494 bits per heavy atom. The monoisotopic (exact) mass is 1150 g/mol. The van der Waals surface area contributed by atoms with Crippen LogP contribution in [0.4, 0.5) is 0 Å². The van der Waals surface area contributed by atoms with Crippen molar-refractivity contribution in [2.24, 2.45) is 40.4 Å². The third-order valence-electron chi connectivity index (χ3n) is 16.5. The predicted octanol–water partition coefficient (Wildman–Crippen LogP) is 17.3. The number of hydrogen-bond donors (Lipinski definition) is 0.